The molecule has 2 atom stereocenters. The van der Waals surface area contributed by atoms with E-state index in [-0.39, 0.29) is 36.5 Å². The Kier molecular flexibility index (Phi) is 13.0. The summed E-state index contributed by atoms with van der Waals surface area (Å²) in [5, 5.41) is 16.3. The zero-order valence-electron chi connectivity index (χ0n) is 15.3. The molecular formula is C18H33IN4O. The molecule has 138 valence electrons. The van der Waals surface area contributed by atoms with E-state index >= 15 is 0 Å². The Labute approximate surface area is 164 Å². The zero-order valence-corrected chi connectivity index (χ0v) is 17.7. The number of halogens is 1. The van der Waals surface area contributed by atoms with Gasteiger partial charge in [0.05, 0.1) is 6.61 Å². The van der Waals surface area contributed by atoms with Crippen molar-refractivity contribution in [2.75, 3.05) is 39.8 Å². The van der Waals surface area contributed by atoms with Crippen LogP contribution in [-0.4, -0.2) is 61.8 Å². The van der Waals surface area contributed by atoms with Crippen molar-refractivity contribution in [3.63, 3.8) is 0 Å². The van der Waals surface area contributed by atoms with Crippen molar-refractivity contribution < 1.29 is 5.11 Å². The molecule has 0 spiro atoms. The van der Waals surface area contributed by atoms with Gasteiger partial charge in [-0.05, 0) is 25.6 Å². The van der Waals surface area contributed by atoms with Crippen LogP contribution in [-0.2, 0) is 0 Å². The number of guanidine groups is 1. The largest absolute Gasteiger partial charge is 0.396 e. The van der Waals surface area contributed by atoms with Crippen LogP contribution in [0.4, 0.5) is 0 Å². The molecule has 0 radical (unpaired) electrons. The highest BCUT2D eigenvalue weighted by Crippen LogP contribution is 2.13. The maximum atomic E-state index is 9.61. The topological polar surface area (TPSA) is 59.9 Å². The average Bonchev–Trinajstić information content (AvgIpc) is 2.60. The van der Waals surface area contributed by atoms with E-state index < -0.39 is 0 Å². The highest BCUT2D eigenvalue weighted by atomic mass is 127. The van der Waals surface area contributed by atoms with Gasteiger partial charge in [0.25, 0.3) is 0 Å². The fourth-order valence-electron chi connectivity index (χ4n) is 2.67. The van der Waals surface area contributed by atoms with Gasteiger partial charge in [0.15, 0.2) is 5.96 Å². The van der Waals surface area contributed by atoms with Gasteiger partial charge in [0.1, 0.15) is 0 Å². The number of hydrogen-bond donors (Lipinski definition) is 3. The van der Waals surface area contributed by atoms with Crippen LogP contribution in [0.15, 0.2) is 35.3 Å². The first kappa shape index (κ1) is 23.1. The van der Waals surface area contributed by atoms with Gasteiger partial charge in [0, 0.05) is 32.1 Å². The molecule has 0 heterocycles. The quantitative estimate of drug-likeness (QED) is 0.308. The van der Waals surface area contributed by atoms with Crippen molar-refractivity contribution >= 4 is 29.9 Å². The number of benzene rings is 1. The molecule has 0 saturated heterocycles. The van der Waals surface area contributed by atoms with Crippen molar-refractivity contribution in [3.05, 3.63) is 35.9 Å². The summed E-state index contributed by atoms with van der Waals surface area (Å²) >= 11 is 0. The molecule has 1 aromatic rings. The summed E-state index contributed by atoms with van der Waals surface area (Å²) < 4.78 is 0. The SMILES string of the molecule is CCN(CC)C(C)CNC(=NC)NCC(CO)c1ccccc1.I. The first-order valence-electron chi connectivity index (χ1n) is 8.50. The Hall–Kier alpha value is -0.860. The van der Waals surface area contributed by atoms with E-state index in [9.17, 15) is 5.11 Å². The summed E-state index contributed by atoms with van der Waals surface area (Å²) in [6.07, 6.45) is 0. The third-order valence-electron chi connectivity index (χ3n) is 4.23. The zero-order chi connectivity index (χ0) is 17.1. The summed E-state index contributed by atoms with van der Waals surface area (Å²) in [7, 11) is 1.77. The smallest absolute Gasteiger partial charge is 0.191 e. The number of hydrogen-bond acceptors (Lipinski definition) is 3. The van der Waals surface area contributed by atoms with Crippen molar-refractivity contribution in [2.45, 2.75) is 32.7 Å². The molecule has 1 aromatic carbocycles. The Morgan fingerprint density at radius 3 is 2.21 bits per heavy atom. The third kappa shape index (κ3) is 7.81. The number of aliphatic hydroxyl groups excluding tert-OH is 1. The summed E-state index contributed by atoms with van der Waals surface area (Å²) in [5.41, 5.74) is 1.13. The van der Waals surface area contributed by atoms with Crippen LogP contribution in [0.3, 0.4) is 0 Å². The summed E-state index contributed by atoms with van der Waals surface area (Å²) in [4.78, 5) is 6.67. The van der Waals surface area contributed by atoms with E-state index in [1.165, 1.54) is 0 Å². The third-order valence-corrected chi connectivity index (χ3v) is 4.23. The van der Waals surface area contributed by atoms with Crippen LogP contribution in [0.2, 0.25) is 0 Å². The Balaban J connectivity index is 0.00000529. The minimum Gasteiger partial charge on any atom is -0.396 e. The fraction of sp³-hybridized carbons (Fsp3) is 0.611. The standard InChI is InChI=1S/C18H32N4O.HI/c1-5-22(6-2)15(3)12-20-18(19-4)21-13-17(14-23)16-10-8-7-9-11-16;/h7-11,15,17,23H,5-6,12-14H2,1-4H3,(H2,19,20,21);1H. The minimum absolute atomic E-state index is 0. The predicted molar refractivity (Wildman–Crippen MR) is 113 cm³/mol. The minimum atomic E-state index is 0. The van der Waals surface area contributed by atoms with Crippen molar-refractivity contribution in [2.24, 2.45) is 4.99 Å². The molecule has 6 heteroatoms. The van der Waals surface area contributed by atoms with Crippen LogP contribution < -0.4 is 10.6 Å². The number of nitrogens with one attached hydrogen (secondary N) is 2. The lowest BCUT2D eigenvalue weighted by Crippen LogP contribution is -2.46. The van der Waals surface area contributed by atoms with Gasteiger partial charge < -0.3 is 15.7 Å². The van der Waals surface area contributed by atoms with Gasteiger partial charge in [-0.3, -0.25) is 9.89 Å². The van der Waals surface area contributed by atoms with Crippen LogP contribution in [0, 0.1) is 0 Å². The second kappa shape index (κ2) is 13.4. The van der Waals surface area contributed by atoms with Gasteiger partial charge in [-0.1, -0.05) is 44.2 Å². The average molecular weight is 448 g/mol. The van der Waals surface area contributed by atoms with Crippen LogP contribution in [0.25, 0.3) is 0 Å². The summed E-state index contributed by atoms with van der Waals surface area (Å²) in [6, 6.07) is 10.5. The Morgan fingerprint density at radius 2 is 1.71 bits per heavy atom. The number of aliphatic imine (C=N–C) groups is 1. The normalized spacial score (nSPS) is 14.0. The van der Waals surface area contributed by atoms with Gasteiger partial charge in [0.2, 0.25) is 0 Å². The molecule has 3 N–H and O–H groups in total. The van der Waals surface area contributed by atoms with Crippen molar-refractivity contribution in [1.82, 2.24) is 15.5 Å². The predicted octanol–water partition coefficient (Wildman–Crippen LogP) is 2.28. The van der Waals surface area contributed by atoms with Crippen LogP contribution in [0.1, 0.15) is 32.3 Å². The lowest BCUT2D eigenvalue weighted by atomic mass is 10.0. The van der Waals surface area contributed by atoms with Crippen LogP contribution in [0.5, 0.6) is 0 Å². The molecule has 1 rings (SSSR count). The number of nitrogens with zero attached hydrogens (tertiary/aromatic N) is 2. The Bertz CT molecular complexity index is 452. The molecule has 24 heavy (non-hydrogen) atoms. The molecule has 0 aliphatic carbocycles. The molecular weight excluding hydrogens is 415 g/mol. The van der Waals surface area contributed by atoms with Gasteiger partial charge in [-0.2, -0.15) is 0 Å². The highest BCUT2D eigenvalue weighted by Gasteiger charge is 2.13. The van der Waals surface area contributed by atoms with Crippen molar-refractivity contribution in [3.8, 4) is 0 Å². The number of rotatable bonds is 9. The molecule has 0 aliphatic heterocycles. The second-order valence-electron chi connectivity index (χ2n) is 5.69. The molecule has 0 amide bonds. The van der Waals surface area contributed by atoms with Crippen molar-refractivity contribution in [1.29, 1.82) is 0 Å². The summed E-state index contributed by atoms with van der Waals surface area (Å²) in [6.45, 7) is 10.3. The molecule has 0 saturated carbocycles. The molecule has 0 aromatic heterocycles. The van der Waals surface area contributed by atoms with E-state index in [1.54, 1.807) is 7.05 Å². The molecule has 5 nitrogen and oxygen atoms in total. The lowest BCUT2D eigenvalue weighted by Gasteiger charge is -2.27. The maximum absolute atomic E-state index is 9.61. The number of likely N-dealkylation sites (N-methyl/N-ethyl adjacent to an activating group) is 1. The van der Waals surface area contributed by atoms with Gasteiger partial charge in [-0.25, -0.2) is 0 Å². The fourth-order valence-corrected chi connectivity index (χ4v) is 2.67. The van der Waals surface area contributed by atoms with Gasteiger partial charge in [-0.15, -0.1) is 24.0 Å². The van der Waals surface area contributed by atoms with E-state index in [4.69, 9.17) is 0 Å². The first-order chi connectivity index (χ1) is 11.2. The Morgan fingerprint density at radius 1 is 1.12 bits per heavy atom. The summed E-state index contributed by atoms with van der Waals surface area (Å²) in [5.74, 6) is 0.841. The van der Waals surface area contributed by atoms with Gasteiger partial charge >= 0.3 is 0 Å². The monoisotopic (exact) mass is 448 g/mol. The number of aliphatic hydroxyl groups is 1. The highest BCUT2D eigenvalue weighted by molar-refractivity contribution is 14.0. The maximum Gasteiger partial charge on any atom is 0.191 e. The lowest BCUT2D eigenvalue weighted by molar-refractivity contribution is 0.231. The van der Waals surface area contributed by atoms with Crippen LogP contribution >= 0.6 is 24.0 Å². The molecule has 0 fully saturated rings. The van der Waals surface area contributed by atoms with E-state index in [1.807, 2.05) is 30.3 Å². The van der Waals surface area contributed by atoms with E-state index in [2.05, 4.69) is 41.3 Å². The molecule has 2 unspecified atom stereocenters. The first-order valence-corrected chi connectivity index (χ1v) is 8.50. The molecule has 0 bridgehead atoms. The second-order valence-corrected chi connectivity index (χ2v) is 5.69. The molecule has 0 aliphatic rings. The van der Waals surface area contributed by atoms with E-state index in [0.29, 0.717) is 12.6 Å². The van der Waals surface area contributed by atoms with E-state index in [0.717, 1.165) is 31.2 Å².